The first-order valence-corrected chi connectivity index (χ1v) is 5.23. The average Bonchev–Trinajstić information content (AvgIpc) is 2.13. The van der Waals surface area contributed by atoms with E-state index in [0.29, 0.717) is 23.0 Å². The van der Waals surface area contributed by atoms with Crippen LogP contribution in [-0.4, -0.2) is 16.8 Å². The summed E-state index contributed by atoms with van der Waals surface area (Å²) in [6.07, 6.45) is -0.248. The minimum Gasteiger partial charge on any atom is -0.506 e. The van der Waals surface area contributed by atoms with E-state index in [2.05, 4.69) is 15.9 Å². The van der Waals surface area contributed by atoms with E-state index in [-0.39, 0.29) is 5.75 Å². The zero-order valence-electron chi connectivity index (χ0n) is 8.00. The quantitative estimate of drug-likeness (QED) is 0.776. The van der Waals surface area contributed by atoms with Crippen LogP contribution >= 0.6 is 15.9 Å². The molecule has 0 heterocycles. The van der Waals surface area contributed by atoms with Crippen molar-refractivity contribution in [2.75, 3.05) is 6.54 Å². The number of phenols is 1. The maximum absolute atomic E-state index is 9.75. The van der Waals surface area contributed by atoms with Crippen LogP contribution in [0, 0.1) is 6.92 Å². The highest BCUT2D eigenvalue weighted by atomic mass is 79.9. The van der Waals surface area contributed by atoms with Gasteiger partial charge >= 0.3 is 0 Å². The highest BCUT2D eigenvalue weighted by molar-refractivity contribution is 9.10. The van der Waals surface area contributed by atoms with Gasteiger partial charge in [-0.25, -0.2) is 0 Å². The number of aliphatic hydroxyl groups is 1. The van der Waals surface area contributed by atoms with E-state index in [1.54, 1.807) is 6.07 Å². The molecule has 0 fully saturated rings. The molecule has 0 aliphatic heterocycles. The zero-order valence-corrected chi connectivity index (χ0v) is 9.58. The monoisotopic (exact) mass is 259 g/mol. The summed E-state index contributed by atoms with van der Waals surface area (Å²) in [7, 11) is 0. The van der Waals surface area contributed by atoms with Crippen LogP contribution in [0.3, 0.4) is 0 Å². The number of hydrogen-bond acceptors (Lipinski definition) is 3. The number of aromatic hydroxyl groups is 1. The van der Waals surface area contributed by atoms with Gasteiger partial charge in [0, 0.05) is 5.56 Å². The van der Waals surface area contributed by atoms with Gasteiger partial charge in [0.25, 0.3) is 0 Å². The van der Waals surface area contributed by atoms with Gasteiger partial charge in [0.05, 0.1) is 10.6 Å². The Morgan fingerprint density at radius 1 is 1.50 bits per heavy atom. The summed E-state index contributed by atoms with van der Waals surface area (Å²) in [6.45, 7) is 2.24. The highest BCUT2D eigenvalue weighted by Gasteiger charge is 2.16. The standard InChI is InChI=1S/C10H14BrNO2/c1-6-2-3-7(11)10(14)9(6)8(13)4-5-12/h2-3,8,13-14H,4-5,12H2,1H3. The van der Waals surface area contributed by atoms with E-state index >= 15 is 0 Å². The Kier molecular flexibility index (Phi) is 3.92. The van der Waals surface area contributed by atoms with Crippen LogP contribution in [0.2, 0.25) is 0 Å². The van der Waals surface area contributed by atoms with Gasteiger partial charge in [-0.1, -0.05) is 6.07 Å². The molecular formula is C10H14BrNO2. The lowest BCUT2D eigenvalue weighted by atomic mass is 10.0. The fraction of sp³-hybridized carbons (Fsp3) is 0.400. The summed E-state index contributed by atoms with van der Waals surface area (Å²) in [5.41, 5.74) is 6.78. The van der Waals surface area contributed by atoms with Crippen molar-refractivity contribution < 1.29 is 10.2 Å². The van der Waals surface area contributed by atoms with Crippen LogP contribution in [-0.2, 0) is 0 Å². The summed E-state index contributed by atoms with van der Waals surface area (Å²) in [5.74, 6) is 0.103. The molecule has 0 saturated carbocycles. The molecule has 78 valence electrons. The van der Waals surface area contributed by atoms with Gasteiger partial charge in [-0.2, -0.15) is 0 Å². The van der Waals surface area contributed by atoms with E-state index in [1.807, 2.05) is 13.0 Å². The molecule has 4 heteroatoms. The number of aliphatic hydroxyl groups excluding tert-OH is 1. The number of rotatable bonds is 3. The summed E-state index contributed by atoms with van der Waals surface area (Å²) >= 11 is 3.21. The number of benzene rings is 1. The Balaban J connectivity index is 3.11. The van der Waals surface area contributed by atoms with Gasteiger partial charge in [0.15, 0.2) is 0 Å². The average molecular weight is 260 g/mol. The maximum Gasteiger partial charge on any atom is 0.135 e. The predicted octanol–water partition coefficient (Wildman–Crippen LogP) is 1.85. The Morgan fingerprint density at radius 3 is 2.71 bits per heavy atom. The molecule has 0 aliphatic rings. The molecule has 0 aromatic heterocycles. The molecule has 1 rings (SSSR count). The first-order valence-electron chi connectivity index (χ1n) is 4.44. The second-order valence-electron chi connectivity index (χ2n) is 3.22. The number of phenolic OH excluding ortho intramolecular Hbond substituents is 1. The number of hydrogen-bond donors (Lipinski definition) is 3. The Hall–Kier alpha value is -0.580. The third-order valence-electron chi connectivity index (χ3n) is 2.16. The molecule has 0 spiro atoms. The van der Waals surface area contributed by atoms with Crippen LogP contribution in [0.4, 0.5) is 0 Å². The Morgan fingerprint density at radius 2 is 2.14 bits per heavy atom. The Bertz CT molecular complexity index is 328. The minimum atomic E-state index is -0.697. The van der Waals surface area contributed by atoms with Gasteiger partial charge < -0.3 is 15.9 Å². The topological polar surface area (TPSA) is 66.5 Å². The second-order valence-corrected chi connectivity index (χ2v) is 4.07. The third kappa shape index (κ3) is 2.26. The number of aryl methyl sites for hydroxylation is 1. The molecule has 1 aromatic carbocycles. The molecule has 1 unspecified atom stereocenters. The fourth-order valence-corrected chi connectivity index (χ4v) is 1.75. The highest BCUT2D eigenvalue weighted by Crippen LogP contribution is 2.35. The first kappa shape index (κ1) is 11.5. The molecule has 1 aromatic rings. The Labute approximate surface area is 91.7 Å². The van der Waals surface area contributed by atoms with Crippen molar-refractivity contribution >= 4 is 15.9 Å². The molecule has 0 radical (unpaired) electrons. The molecular weight excluding hydrogens is 246 g/mol. The van der Waals surface area contributed by atoms with Gasteiger partial charge in [-0.3, -0.25) is 0 Å². The van der Waals surface area contributed by atoms with Gasteiger partial charge in [0.2, 0.25) is 0 Å². The van der Waals surface area contributed by atoms with Crippen molar-refractivity contribution in [3.05, 3.63) is 27.7 Å². The lowest BCUT2D eigenvalue weighted by Crippen LogP contribution is -2.08. The van der Waals surface area contributed by atoms with E-state index < -0.39 is 6.10 Å². The van der Waals surface area contributed by atoms with Crippen LogP contribution in [0.5, 0.6) is 5.75 Å². The van der Waals surface area contributed by atoms with Crippen molar-refractivity contribution in [2.24, 2.45) is 5.73 Å². The van der Waals surface area contributed by atoms with E-state index in [4.69, 9.17) is 5.73 Å². The molecule has 0 saturated heterocycles. The summed E-state index contributed by atoms with van der Waals surface area (Å²) in [4.78, 5) is 0. The van der Waals surface area contributed by atoms with Crippen LogP contribution in [0.25, 0.3) is 0 Å². The third-order valence-corrected chi connectivity index (χ3v) is 2.80. The molecule has 0 bridgehead atoms. The van der Waals surface area contributed by atoms with Crippen molar-refractivity contribution in [1.82, 2.24) is 0 Å². The van der Waals surface area contributed by atoms with Crippen molar-refractivity contribution in [2.45, 2.75) is 19.4 Å². The molecule has 0 amide bonds. The van der Waals surface area contributed by atoms with Crippen LogP contribution < -0.4 is 5.73 Å². The number of nitrogens with two attached hydrogens (primary N) is 1. The number of halogens is 1. The maximum atomic E-state index is 9.75. The van der Waals surface area contributed by atoms with Crippen molar-refractivity contribution in [1.29, 1.82) is 0 Å². The van der Waals surface area contributed by atoms with E-state index in [0.717, 1.165) is 5.56 Å². The van der Waals surface area contributed by atoms with Crippen molar-refractivity contribution in [3.63, 3.8) is 0 Å². The lowest BCUT2D eigenvalue weighted by Gasteiger charge is -2.15. The molecule has 4 N–H and O–H groups in total. The normalized spacial score (nSPS) is 12.9. The van der Waals surface area contributed by atoms with Gasteiger partial charge in [-0.15, -0.1) is 0 Å². The molecule has 0 aliphatic carbocycles. The molecule has 14 heavy (non-hydrogen) atoms. The van der Waals surface area contributed by atoms with Gasteiger partial charge in [0.1, 0.15) is 5.75 Å². The largest absolute Gasteiger partial charge is 0.506 e. The second kappa shape index (κ2) is 4.77. The van der Waals surface area contributed by atoms with Crippen LogP contribution in [0.1, 0.15) is 23.7 Å². The summed E-state index contributed by atoms with van der Waals surface area (Å²) < 4.78 is 0.592. The zero-order chi connectivity index (χ0) is 10.7. The van der Waals surface area contributed by atoms with E-state index in [9.17, 15) is 10.2 Å². The van der Waals surface area contributed by atoms with E-state index in [1.165, 1.54) is 0 Å². The van der Waals surface area contributed by atoms with Crippen LogP contribution in [0.15, 0.2) is 16.6 Å². The first-order chi connectivity index (χ1) is 6.57. The minimum absolute atomic E-state index is 0.103. The fourth-order valence-electron chi connectivity index (χ4n) is 1.41. The summed E-state index contributed by atoms with van der Waals surface area (Å²) in [5, 5.41) is 19.5. The lowest BCUT2D eigenvalue weighted by molar-refractivity contribution is 0.165. The molecule has 1 atom stereocenters. The molecule has 3 nitrogen and oxygen atoms in total. The SMILES string of the molecule is Cc1ccc(Br)c(O)c1C(O)CCN. The smallest absolute Gasteiger partial charge is 0.135 e. The van der Waals surface area contributed by atoms with Gasteiger partial charge in [-0.05, 0) is 47.4 Å². The summed E-state index contributed by atoms with van der Waals surface area (Å²) in [6, 6.07) is 3.60. The predicted molar refractivity (Wildman–Crippen MR) is 59.2 cm³/mol. The van der Waals surface area contributed by atoms with Crippen molar-refractivity contribution in [3.8, 4) is 5.75 Å².